The average Bonchev–Trinajstić information content (AvgIpc) is 3.87. The summed E-state index contributed by atoms with van der Waals surface area (Å²) in [6, 6.07) is 71.8. The number of fused-ring (bicyclic) bond motifs is 3. The highest BCUT2D eigenvalue weighted by molar-refractivity contribution is 6.16. The van der Waals surface area contributed by atoms with Gasteiger partial charge in [0.15, 0.2) is 0 Å². The maximum Gasteiger partial charge on any atom is 0.143 e. The van der Waals surface area contributed by atoms with Crippen molar-refractivity contribution in [3.05, 3.63) is 211 Å². The Kier molecular flexibility index (Phi) is 7.53. The SMILES string of the molecule is C1=Cc2ccc(-c3ccc(N(c4ccc(-c5ccccc5)cc4)c4ccc5c(c4)oc4c(-c6ccccc6)cccc45)cc3)c3c(-c4ccccc4)ccc1c23. The first-order chi connectivity index (χ1) is 27.8. The van der Waals surface area contributed by atoms with E-state index in [-0.39, 0.29) is 0 Å². The van der Waals surface area contributed by atoms with Crippen LogP contribution in [0.1, 0.15) is 11.1 Å². The van der Waals surface area contributed by atoms with Crippen LogP contribution < -0.4 is 4.90 Å². The van der Waals surface area contributed by atoms with Crippen LogP contribution in [0.25, 0.3) is 89.4 Å². The second-order valence-corrected chi connectivity index (χ2v) is 14.5. The molecule has 0 aliphatic heterocycles. The second-order valence-electron chi connectivity index (χ2n) is 14.5. The number of benzene rings is 9. The Balaban J connectivity index is 1.05. The highest BCUT2D eigenvalue weighted by Gasteiger charge is 2.20. The summed E-state index contributed by atoms with van der Waals surface area (Å²) in [6.07, 6.45) is 4.48. The molecule has 11 rings (SSSR count). The summed E-state index contributed by atoms with van der Waals surface area (Å²) in [5, 5.41) is 4.84. The van der Waals surface area contributed by atoms with E-state index >= 15 is 0 Å². The van der Waals surface area contributed by atoms with Gasteiger partial charge in [-0.05, 0) is 97.2 Å². The molecule has 0 atom stereocenters. The zero-order valence-electron chi connectivity index (χ0n) is 30.6. The summed E-state index contributed by atoms with van der Waals surface area (Å²) in [5.41, 5.74) is 17.0. The smallest absolute Gasteiger partial charge is 0.143 e. The molecule has 2 nitrogen and oxygen atoms in total. The summed E-state index contributed by atoms with van der Waals surface area (Å²) in [4.78, 5) is 2.33. The highest BCUT2D eigenvalue weighted by Crippen LogP contribution is 2.45. The van der Waals surface area contributed by atoms with Crippen LogP contribution in [0.4, 0.5) is 17.1 Å². The van der Waals surface area contributed by atoms with Crippen LogP contribution in [-0.2, 0) is 0 Å². The van der Waals surface area contributed by atoms with Crippen molar-refractivity contribution >= 4 is 61.9 Å². The van der Waals surface area contributed by atoms with Crippen molar-refractivity contribution in [1.82, 2.24) is 0 Å². The Bertz CT molecular complexity index is 3070. The van der Waals surface area contributed by atoms with Crippen molar-refractivity contribution in [2.75, 3.05) is 4.90 Å². The third-order valence-corrected chi connectivity index (χ3v) is 11.2. The largest absolute Gasteiger partial charge is 0.455 e. The average molecular weight is 714 g/mol. The molecule has 1 aliphatic rings. The van der Waals surface area contributed by atoms with E-state index in [1.807, 2.05) is 6.07 Å². The molecule has 0 bridgehead atoms. The number of anilines is 3. The van der Waals surface area contributed by atoms with Gasteiger partial charge in [0.05, 0.1) is 0 Å². The Labute approximate surface area is 325 Å². The van der Waals surface area contributed by atoms with Crippen molar-refractivity contribution in [3.63, 3.8) is 0 Å². The number of hydrogen-bond acceptors (Lipinski definition) is 2. The van der Waals surface area contributed by atoms with E-state index in [0.29, 0.717) is 0 Å². The maximum atomic E-state index is 6.74. The lowest BCUT2D eigenvalue weighted by atomic mass is 9.89. The molecule has 9 aromatic carbocycles. The molecule has 1 aromatic heterocycles. The van der Waals surface area contributed by atoms with Gasteiger partial charge in [-0.2, -0.15) is 0 Å². The van der Waals surface area contributed by atoms with Crippen molar-refractivity contribution < 1.29 is 4.42 Å². The zero-order chi connectivity index (χ0) is 37.0. The van der Waals surface area contributed by atoms with E-state index in [9.17, 15) is 0 Å². The summed E-state index contributed by atoms with van der Waals surface area (Å²) in [6.45, 7) is 0. The van der Waals surface area contributed by atoms with E-state index in [0.717, 1.165) is 50.1 Å². The monoisotopic (exact) mass is 713 g/mol. The zero-order valence-corrected chi connectivity index (χ0v) is 30.6. The molecule has 0 amide bonds. The van der Waals surface area contributed by atoms with E-state index in [1.165, 1.54) is 55.3 Å². The molecule has 56 heavy (non-hydrogen) atoms. The fourth-order valence-electron chi connectivity index (χ4n) is 8.55. The third-order valence-electron chi connectivity index (χ3n) is 11.2. The summed E-state index contributed by atoms with van der Waals surface area (Å²) < 4.78 is 6.74. The van der Waals surface area contributed by atoms with Crippen molar-refractivity contribution in [1.29, 1.82) is 0 Å². The third kappa shape index (κ3) is 5.34. The van der Waals surface area contributed by atoms with E-state index in [1.54, 1.807) is 0 Å². The molecule has 10 aromatic rings. The van der Waals surface area contributed by atoms with E-state index in [2.05, 4.69) is 211 Å². The molecule has 0 unspecified atom stereocenters. The van der Waals surface area contributed by atoms with Crippen LogP contribution in [0.5, 0.6) is 0 Å². The van der Waals surface area contributed by atoms with Crippen LogP contribution in [0.2, 0.25) is 0 Å². The number of hydrogen-bond donors (Lipinski definition) is 0. The highest BCUT2D eigenvalue weighted by atomic mass is 16.3. The number of nitrogens with zero attached hydrogens (tertiary/aromatic N) is 1. The van der Waals surface area contributed by atoms with E-state index in [4.69, 9.17) is 4.42 Å². The molecule has 0 saturated carbocycles. The van der Waals surface area contributed by atoms with Gasteiger partial charge in [-0.15, -0.1) is 0 Å². The minimum atomic E-state index is 0.860. The molecule has 0 N–H and O–H groups in total. The van der Waals surface area contributed by atoms with Crippen LogP contribution in [0, 0.1) is 0 Å². The Morgan fingerprint density at radius 2 is 0.821 bits per heavy atom. The number of para-hydroxylation sites is 1. The molecule has 1 aliphatic carbocycles. The molecule has 0 radical (unpaired) electrons. The van der Waals surface area contributed by atoms with Gasteiger partial charge in [0, 0.05) is 39.5 Å². The van der Waals surface area contributed by atoms with Gasteiger partial charge in [0.1, 0.15) is 11.2 Å². The predicted molar refractivity (Wildman–Crippen MR) is 237 cm³/mol. The van der Waals surface area contributed by atoms with Crippen molar-refractivity contribution in [2.24, 2.45) is 0 Å². The van der Waals surface area contributed by atoms with Gasteiger partial charge in [0.2, 0.25) is 0 Å². The number of furan rings is 1. The minimum Gasteiger partial charge on any atom is -0.455 e. The fourth-order valence-corrected chi connectivity index (χ4v) is 8.55. The standard InChI is InChI=1S/C54H35NO/c1-4-11-36(12-5-1)37-21-27-43(28-22-37)55(45-31-34-49-50-18-10-17-48(39-15-8-3-9-16-39)54(50)56-51(49)35-45)44-29-23-40(24-30-44)47-33-26-42-20-19-41-25-32-46(53(47)52(41)42)38-13-6-2-7-14-38/h1-35H. The van der Waals surface area contributed by atoms with Gasteiger partial charge >= 0.3 is 0 Å². The van der Waals surface area contributed by atoms with Gasteiger partial charge in [0.25, 0.3) is 0 Å². The first-order valence-electron chi connectivity index (χ1n) is 19.2. The molecule has 0 saturated heterocycles. The molecular weight excluding hydrogens is 679 g/mol. The molecule has 0 fully saturated rings. The fraction of sp³-hybridized carbons (Fsp3) is 0. The maximum absolute atomic E-state index is 6.74. The van der Waals surface area contributed by atoms with Crippen LogP contribution in [0.15, 0.2) is 205 Å². The van der Waals surface area contributed by atoms with Crippen molar-refractivity contribution in [3.8, 4) is 44.5 Å². The predicted octanol–water partition coefficient (Wildman–Crippen LogP) is 15.4. The van der Waals surface area contributed by atoms with Gasteiger partial charge in [-0.3, -0.25) is 0 Å². The summed E-state index contributed by atoms with van der Waals surface area (Å²) >= 11 is 0. The molecule has 2 heteroatoms. The molecule has 262 valence electrons. The first-order valence-corrected chi connectivity index (χ1v) is 19.2. The minimum absolute atomic E-state index is 0.860. The van der Waals surface area contributed by atoms with E-state index < -0.39 is 0 Å². The van der Waals surface area contributed by atoms with Gasteiger partial charge in [-0.1, -0.05) is 170 Å². The topological polar surface area (TPSA) is 16.4 Å². The quantitative estimate of drug-likeness (QED) is 0.163. The van der Waals surface area contributed by atoms with Gasteiger partial charge in [-0.25, -0.2) is 0 Å². The Morgan fingerprint density at radius 3 is 1.43 bits per heavy atom. The van der Waals surface area contributed by atoms with Crippen LogP contribution in [-0.4, -0.2) is 0 Å². The summed E-state index contributed by atoms with van der Waals surface area (Å²) in [7, 11) is 0. The lowest BCUT2D eigenvalue weighted by molar-refractivity contribution is 0.670. The lowest BCUT2D eigenvalue weighted by Gasteiger charge is -2.26. The normalized spacial score (nSPS) is 11.9. The molecule has 1 heterocycles. The van der Waals surface area contributed by atoms with Crippen molar-refractivity contribution in [2.45, 2.75) is 0 Å². The second kappa shape index (κ2) is 13.2. The van der Waals surface area contributed by atoms with Gasteiger partial charge < -0.3 is 9.32 Å². The lowest BCUT2D eigenvalue weighted by Crippen LogP contribution is -2.09. The van der Waals surface area contributed by atoms with Crippen LogP contribution in [0.3, 0.4) is 0 Å². The summed E-state index contributed by atoms with van der Waals surface area (Å²) in [5.74, 6) is 0. The number of rotatable bonds is 7. The molecule has 0 spiro atoms. The van der Waals surface area contributed by atoms with Crippen LogP contribution >= 0.6 is 0 Å². The Morgan fingerprint density at radius 1 is 0.321 bits per heavy atom. The Hall–Kier alpha value is -7.42. The molecular formula is C54H35NO. The first kappa shape index (κ1) is 32.0.